The van der Waals surface area contributed by atoms with Gasteiger partial charge in [-0.1, -0.05) is 0 Å². The number of aromatic amines is 1. The number of hydrogen-bond acceptors (Lipinski definition) is 6. The van der Waals surface area contributed by atoms with Crippen LogP contribution in [0.3, 0.4) is 0 Å². The van der Waals surface area contributed by atoms with E-state index in [4.69, 9.17) is 10.9 Å². The molecule has 0 spiro atoms. The summed E-state index contributed by atoms with van der Waals surface area (Å²) in [4.78, 5) is 4.77. The van der Waals surface area contributed by atoms with Crippen LogP contribution in [0.15, 0.2) is 33.1 Å². The molecular weight excluding hydrogens is 274 g/mol. The number of aryl methyl sites for hydroxylation is 1. The highest BCUT2D eigenvalue weighted by Crippen LogP contribution is 2.31. The molecule has 0 aliphatic heterocycles. The summed E-state index contributed by atoms with van der Waals surface area (Å²) in [5, 5.41) is 12.2. The van der Waals surface area contributed by atoms with E-state index < -0.39 is 10.0 Å². The van der Waals surface area contributed by atoms with E-state index in [9.17, 15) is 8.42 Å². The zero-order valence-corrected chi connectivity index (χ0v) is 11.0. The van der Waals surface area contributed by atoms with Gasteiger partial charge in [-0.3, -0.25) is 5.10 Å². The fourth-order valence-corrected chi connectivity index (χ4v) is 2.60. The van der Waals surface area contributed by atoms with Crippen molar-refractivity contribution < 1.29 is 8.42 Å². The van der Waals surface area contributed by atoms with Crippen LogP contribution >= 0.6 is 11.8 Å². The third kappa shape index (κ3) is 2.81. The lowest BCUT2D eigenvalue weighted by atomic mass is 10.3. The molecule has 9 heteroatoms. The maximum Gasteiger partial charge on any atom is 0.238 e. The van der Waals surface area contributed by atoms with E-state index in [0.29, 0.717) is 21.6 Å². The van der Waals surface area contributed by atoms with Crippen molar-refractivity contribution in [3.63, 3.8) is 0 Å². The zero-order chi connectivity index (χ0) is 13.3. The summed E-state index contributed by atoms with van der Waals surface area (Å²) in [5.41, 5.74) is 6.08. The number of benzene rings is 1. The van der Waals surface area contributed by atoms with Gasteiger partial charge in [-0.25, -0.2) is 18.5 Å². The predicted molar refractivity (Wildman–Crippen MR) is 67.5 cm³/mol. The predicted octanol–water partition coefficient (Wildman–Crippen LogP) is 0.494. The molecule has 0 atom stereocenters. The quantitative estimate of drug-likeness (QED) is 0.704. The Bertz CT molecular complexity index is 680. The third-order valence-electron chi connectivity index (χ3n) is 2.09. The summed E-state index contributed by atoms with van der Waals surface area (Å²) in [6, 6.07) is 4.29. The molecule has 96 valence electrons. The molecule has 2 aromatic rings. The average molecular weight is 285 g/mol. The second kappa shape index (κ2) is 4.59. The molecule has 0 saturated carbocycles. The first-order chi connectivity index (χ1) is 8.36. The van der Waals surface area contributed by atoms with Gasteiger partial charge >= 0.3 is 0 Å². The molecule has 1 heterocycles. The molecule has 7 nitrogen and oxygen atoms in total. The molecule has 0 fully saturated rings. The number of primary sulfonamides is 1. The van der Waals surface area contributed by atoms with Crippen LogP contribution in [0.5, 0.6) is 0 Å². The minimum absolute atomic E-state index is 0.0180. The van der Waals surface area contributed by atoms with Crippen molar-refractivity contribution in [2.75, 3.05) is 5.73 Å². The van der Waals surface area contributed by atoms with Crippen molar-refractivity contribution >= 4 is 27.5 Å². The standard InChI is InChI=1S/C9H11N5O2S2/c1-5-12-9(14-13-5)17-8-3-2-6(4-7(8)10)18(11,15)16/h2-4H,10H2,1H3,(H2,11,15,16)(H,12,13,14). The van der Waals surface area contributed by atoms with Crippen LogP contribution in [0.4, 0.5) is 5.69 Å². The molecule has 5 N–H and O–H groups in total. The molecule has 2 rings (SSSR count). The summed E-state index contributed by atoms with van der Waals surface area (Å²) in [5.74, 6) is 0.692. The molecule has 18 heavy (non-hydrogen) atoms. The lowest BCUT2D eigenvalue weighted by Crippen LogP contribution is -2.12. The summed E-state index contributed by atoms with van der Waals surface area (Å²) >= 11 is 1.24. The monoisotopic (exact) mass is 285 g/mol. The van der Waals surface area contributed by atoms with Gasteiger partial charge in [0.15, 0.2) is 0 Å². The van der Waals surface area contributed by atoms with Crippen LogP contribution in [-0.4, -0.2) is 23.6 Å². The number of nitrogens with zero attached hydrogens (tertiary/aromatic N) is 2. The lowest BCUT2D eigenvalue weighted by molar-refractivity contribution is 0.598. The highest BCUT2D eigenvalue weighted by molar-refractivity contribution is 7.99. The fourth-order valence-electron chi connectivity index (χ4n) is 1.26. The molecule has 0 radical (unpaired) electrons. The van der Waals surface area contributed by atoms with Crippen molar-refractivity contribution in [3.05, 3.63) is 24.0 Å². The van der Waals surface area contributed by atoms with Crippen molar-refractivity contribution in [3.8, 4) is 0 Å². The van der Waals surface area contributed by atoms with E-state index in [0.717, 1.165) is 0 Å². The van der Waals surface area contributed by atoms with Gasteiger partial charge in [-0.2, -0.15) is 0 Å². The Hall–Kier alpha value is -1.58. The highest BCUT2D eigenvalue weighted by atomic mass is 32.2. The minimum Gasteiger partial charge on any atom is -0.398 e. The average Bonchev–Trinajstić information content (AvgIpc) is 2.65. The van der Waals surface area contributed by atoms with Crippen LogP contribution in [0.2, 0.25) is 0 Å². The number of nitrogens with two attached hydrogens (primary N) is 2. The van der Waals surface area contributed by atoms with Gasteiger partial charge in [-0.15, -0.1) is 5.10 Å². The highest BCUT2D eigenvalue weighted by Gasteiger charge is 2.12. The van der Waals surface area contributed by atoms with E-state index in [1.807, 2.05) is 0 Å². The van der Waals surface area contributed by atoms with Crippen molar-refractivity contribution in [2.45, 2.75) is 21.9 Å². The number of H-pyrrole nitrogens is 1. The van der Waals surface area contributed by atoms with E-state index in [2.05, 4.69) is 15.2 Å². The van der Waals surface area contributed by atoms with Crippen molar-refractivity contribution in [1.29, 1.82) is 0 Å². The Kier molecular flexibility index (Phi) is 3.28. The van der Waals surface area contributed by atoms with E-state index in [1.165, 1.54) is 23.9 Å². The van der Waals surface area contributed by atoms with Gasteiger partial charge in [-0.05, 0) is 36.9 Å². The van der Waals surface area contributed by atoms with E-state index in [1.54, 1.807) is 13.0 Å². The van der Waals surface area contributed by atoms with Gasteiger partial charge in [0.1, 0.15) is 5.82 Å². The molecule has 0 unspecified atom stereocenters. The second-order valence-electron chi connectivity index (χ2n) is 3.55. The molecule has 0 aliphatic carbocycles. The molecule has 0 saturated heterocycles. The smallest absolute Gasteiger partial charge is 0.238 e. The summed E-state index contributed by atoms with van der Waals surface area (Å²) < 4.78 is 22.3. The Labute approximate surface area is 108 Å². The second-order valence-corrected chi connectivity index (χ2v) is 6.12. The molecule has 0 aliphatic rings. The number of aromatic nitrogens is 3. The molecule has 0 amide bonds. The molecular formula is C9H11N5O2S2. The molecule has 0 bridgehead atoms. The van der Waals surface area contributed by atoms with Crippen LogP contribution < -0.4 is 10.9 Å². The first-order valence-electron chi connectivity index (χ1n) is 4.85. The first kappa shape index (κ1) is 12.9. The van der Waals surface area contributed by atoms with Crippen LogP contribution in [-0.2, 0) is 10.0 Å². The van der Waals surface area contributed by atoms with Gasteiger partial charge in [0, 0.05) is 10.6 Å². The Morgan fingerprint density at radius 2 is 2.11 bits per heavy atom. The summed E-state index contributed by atoms with van der Waals surface area (Å²) in [7, 11) is -3.74. The Morgan fingerprint density at radius 3 is 2.61 bits per heavy atom. The summed E-state index contributed by atoms with van der Waals surface area (Å²) in [6.45, 7) is 1.78. The van der Waals surface area contributed by atoms with Gasteiger partial charge in [0.2, 0.25) is 15.2 Å². The van der Waals surface area contributed by atoms with Crippen molar-refractivity contribution in [1.82, 2.24) is 15.2 Å². The number of anilines is 1. The number of hydrogen-bond donors (Lipinski definition) is 3. The van der Waals surface area contributed by atoms with E-state index in [-0.39, 0.29) is 4.90 Å². The molecule has 1 aromatic heterocycles. The third-order valence-corrected chi connectivity index (χ3v) is 3.96. The van der Waals surface area contributed by atoms with Crippen LogP contribution in [0.1, 0.15) is 5.82 Å². The number of nitrogens with one attached hydrogen (secondary N) is 1. The van der Waals surface area contributed by atoms with E-state index >= 15 is 0 Å². The fraction of sp³-hybridized carbons (Fsp3) is 0.111. The Morgan fingerprint density at radius 1 is 1.39 bits per heavy atom. The number of sulfonamides is 1. The minimum atomic E-state index is -3.74. The van der Waals surface area contributed by atoms with Gasteiger partial charge in [0.25, 0.3) is 0 Å². The Balaban J connectivity index is 2.31. The topological polar surface area (TPSA) is 128 Å². The lowest BCUT2D eigenvalue weighted by Gasteiger charge is -2.04. The largest absolute Gasteiger partial charge is 0.398 e. The van der Waals surface area contributed by atoms with Crippen LogP contribution in [0, 0.1) is 6.92 Å². The number of rotatable bonds is 3. The zero-order valence-electron chi connectivity index (χ0n) is 9.41. The van der Waals surface area contributed by atoms with Crippen molar-refractivity contribution in [2.24, 2.45) is 5.14 Å². The maximum absolute atomic E-state index is 11.1. The summed E-state index contributed by atoms with van der Waals surface area (Å²) in [6.07, 6.45) is 0. The van der Waals surface area contributed by atoms with Gasteiger partial charge < -0.3 is 5.73 Å². The van der Waals surface area contributed by atoms with Gasteiger partial charge in [0.05, 0.1) is 4.90 Å². The maximum atomic E-state index is 11.1. The van der Waals surface area contributed by atoms with Crippen LogP contribution in [0.25, 0.3) is 0 Å². The first-order valence-corrected chi connectivity index (χ1v) is 7.22. The number of nitrogen functional groups attached to an aromatic ring is 1. The normalized spacial score (nSPS) is 11.7. The molecule has 1 aromatic carbocycles. The SMILES string of the molecule is Cc1nc(Sc2ccc(S(N)(=O)=O)cc2N)n[nH]1.